The van der Waals surface area contributed by atoms with Crippen LogP contribution in [0.2, 0.25) is 0 Å². The van der Waals surface area contributed by atoms with Crippen LogP contribution in [0, 0.1) is 0 Å². The van der Waals surface area contributed by atoms with Crippen molar-refractivity contribution in [3.8, 4) is 0 Å². The second-order valence-electron chi connectivity index (χ2n) is 6.32. The molecule has 1 aliphatic rings. The van der Waals surface area contributed by atoms with Gasteiger partial charge in [0.25, 0.3) is 5.91 Å². The highest BCUT2D eigenvalue weighted by atomic mass is 16.2. The summed E-state index contributed by atoms with van der Waals surface area (Å²) in [5, 5.41) is 6.22. The third-order valence-electron chi connectivity index (χ3n) is 4.61. The predicted octanol–water partition coefficient (Wildman–Crippen LogP) is 2.92. The number of amides is 1. The van der Waals surface area contributed by atoms with E-state index in [-0.39, 0.29) is 23.7 Å². The van der Waals surface area contributed by atoms with Gasteiger partial charge in [-0.15, -0.1) is 0 Å². The van der Waals surface area contributed by atoms with Crippen LogP contribution < -0.4 is 10.6 Å². The van der Waals surface area contributed by atoms with Crippen molar-refractivity contribution in [1.29, 1.82) is 0 Å². The summed E-state index contributed by atoms with van der Waals surface area (Å²) in [5.41, 5.74) is 3.14. The Bertz CT molecular complexity index is 911. The standard InChI is InChI=1S/C20H19N5O/c1-13(14-6-3-2-4-7-14)25-20(26)19-22-10-15(11-23-19)17-12-24-18-16(17)8-5-9-21-18/h2-11,13,17H,12H2,1H3,(H,21,24)(H,25,26)/t13-,17?/m0/s1. The highest BCUT2D eigenvalue weighted by Crippen LogP contribution is 2.33. The molecule has 0 fully saturated rings. The molecule has 2 atom stereocenters. The molecule has 0 bridgehead atoms. The molecule has 3 heterocycles. The Morgan fingerprint density at radius 2 is 1.88 bits per heavy atom. The van der Waals surface area contributed by atoms with Crippen LogP contribution in [0.25, 0.3) is 0 Å². The summed E-state index contributed by atoms with van der Waals surface area (Å²) in [4.78, 5) is 25.3. The van der Waals surface area contributed by atoms with Crippen molar-refractivity contribution in [3.05, 3.63) is 83.6 Å². The van der Waals surface area contributed by atoms with Crippen molar-refractivity contribution in [1.82, 2.24) is 20.3 Å². The summed E-state index contributed by atoms with van der Waals surface area (Å²) in [6.07, 6.45) is 5.22. The number of nitrogens with one attached hydrogen (secondary N) is 2. The molecule has 2 aromatic heterocycles. The van der Waals surface area contributed by atoms with Crippen molar-refractivity contribution < 1.29 is 4.79 Å². The number of benzene rings is 1. The average Bonchev–Trinajstić information content (AvgIpc) is 3.13. The summed E-state index contributed by atoms with van der Waals surface area (Å²) in [6.45, 7) is 2.70. The molecule has 1 amide bonds. The first-order valence-corrected chi connectivity index (χ1v) is 8.59. The molecule has 1 aromatic carbocycles. The van der Waals surface area contributed by atoms with Gasteiger partial charge in [0.05, 0.1) is 6.04 Å². The van der Waals surface area contributed by atoms with Gasteiger partial charge in [0.2, 0.25) is 5.82 Å². The van der Waals surface area contributed by atoms with Crippen molar-refractivity contribution in [2.24, 2.45) is 0 Å². The van der Waals surface area contributed by atoms with Crippen molar-refractivity contribution >= 4 is 11.7 Å². The van der Waals surface area contributed by atoms with Gasteiger partial charge in [-0.05, 0) is 24.1 Å². The molecule has 0 aliphatic carbocycles. The Labute approximate surface area is 151 Å². The minimum Gasteiger partial charge on any atom is -0.369 e. The van der Waals surface area contributed by atoms with Gasteiger partial charge in [-0.2, -0.15) is 0 Å². The second kappa shape index (κ2) is 6.92. The Kier molecular flexibility index (Phi) is 4.31. The summed E-state index contributed by atoms with van der Waals surface area (Å²) < 4.78 is 0. The van der Waals surface area contributed by atoms with Crippen LogP contribution in [0.4, 0.5) is 5.82 Å². The maximum atomic E-state index is 12.4. The smallest absolute Gasteiger partial charge is 0.289 e. The second-order valence-corrected chi connectivity index (χ2v) is 6.32. The summed E-state index contributed by atoms with van der Waals surface area (Å²) in [7, 11) is 0. The maximum absolute atomic E-state index is 12.4. The number of aromatic nitrogens is 3. The van der Waals surface area contributed by atoms with Gasteiger partial charge in [-0.3, -0.25) is 4.79 Å². The number of nitrogens with zero attached hydrogens (tertiary/aromatic N) is 3. The molecule has 6 heteroatoms. The normalized spacial score (nSPS) is 16.4. The first kappa shape index (κ1) is 16.2. The van der Waals surface area contributed by atoms with Gasteiger partial charge in [0, 0.05) is 36.6 Å². The van der Waals surface area contributed by atoms with Crippen LogP contribution in [0.5, 0.6) is 0 Å². The molecule has 1 aliphatic heterocycles. The zero-order valence-electron chi connectivity index (χ0n) is 14.4. The van der Waals surface area contributed by atoms with E-state index in [4.69, 9.17) is 0 Å². The fourth-order valence-electron chi connectivity index (χ4n) is 3.17. The minimum absolute atomic E-state index is 0.107. The van der Waals surface area contributed by atoms with Crippen molar-refractivity contribution in [2.75, 3.05) is 11.9 Å². The van der Waals surface area contributed by atoms with Crippen LogP contribution in [0.1, 0.15) is 46.2 Å². The molecule has 130 valence electrons. The lowest BCUT2D eigenvalue weighted by Gasteiger charge is -2.14. The average molecular weight is 345 g/mol. The third kappa shape index (κ3) is 3.13. The first-order chi connectivity index (χ1) is 12.7. The van der Waals surface area contributed by atoms with Gasteiger partial charge < -0.3 is 10.6 Å². The number of hydrogen-bond acceptors (Lipinski definition) is 5. The number of rotatable bonds is 4. The van der Waals surface area contributed by atoms with Crippen molar-refractivity contribution in [2.45, 2.75) is 18.9 Å². The Balaban J connectivity index is 1.47. The molecule has 6 nitrogen and oxygen atoms in total. The number of carbonyl (C=O) groups is 1. The van der Waals surface area contributed by atoms with Gasteiger partial charge in [0.15, 0.2) is 0 Å². The molecule has 0 saturated carbocycles. The van der Waals surface area contributed by atoms with Crippen LogP contribution in [0.3, 0.4) is 0 Å². The van der Waals surface area contributed by atoms with Gasteiger partial charge in [-0.25, -0.2) is 15.0 Å². The fraction of sp³-hybridized carbons (Fsp3) is 0.200. The van der Waals surface area contributed by atoms with E-state index in [1.54, 1.807) is 18.6 Å². The monoisotopic (exact) mass is 345 g/mol. The van der Waals surface area contributed by atoms with Crippen LogP contribution in [0.15, 0.2) is 61.1 Å². The van der Waals surface area contributed by atoms with Crippen LogP contribution in [-0.4, -0.2) is 27.4 Å². The van der Waals surface area contributed by atoms with E-state index in [2.05, 4.69) is 31.7 Å². The lowest BCUT2D eigenvalue weighted by Crippen LogP contribution is -2.28. The largest absolute Gasteiger partial charge is 0.369 e. The molecule has 1 unspecified atom stereocenters. The molecule has 26 heavy (non-hydrogen) atoms. The SMILES string of the molecule is C[C@H](NC(=O)c1ncc(C2CNc3ncccc32)cn1)c1ccccc1. The van der Waals surface area contributed by atoms with E-state index in [9.17, 15) is 4.79 Å². The summed E-state index contributed by atoms with van der Waals surface area (Å²) in [6, 6.07) is 13.7. The lowest BCUT2D eigenvalue weighted by molar-refractivity contribution is 0.0929. The highest BCUT2D eigenvalue weighted by Gasteiger charge is 2.25. The lowest BCUT2D eigenvalue weighted by atomic mass is 9.97. The van der Waals surface area contributed by atoms with E-state index in [1.807, 2.05) is 43.3 Å². The quantitative estimate of drug-likeness (QED) is 0.760. The topological polar surface area (TPSA) is 79.8 Å². The molecule has 2 N–H and O–H groups in total. The first-order valence-electron chi connectivity index (χ1n) is 8.59. The molecule has 0 saturated heterocycles. The minimum atomic E-state index is -0.278. The zero-order chi connectivity index (χ0) is 17.9. The molecular formula is C20H19N5O. The number of carbonyl (C=O) groups excluding carboxylic acids is 1. The number of pyridine rings is 1. The summed E-state index contributed by atoms with van der Waals surface area (Å²) >= 11 is 0. The predicted molar refractivity (Wildman–Crippen MR) is 98.9 cm³/mol. The molecule has 0 spiro atoms. The van der Waals surface area contributed by atoms with Crippen LogP contribution >= 0.6 is 0 Å². The number of hydrogen-bond donors (Lipinski definition) is 2. The van der Waals surface area contributed by atoms with Gasteiger partial charge in [-0.1, -0.05) is 36.4 Å². The highest BCUT2D eigenvalue weighted by molar-refractivity contribution is 5.90. The Morgan fingerprint density at radius 3 is 2.65 bits per heavy atom. The molecular weight excluding hydrogens is 326 g/mol. The van der Waals surface area contributed by atoms with E-state index >= 15 is 0 Å². The zero-order valence-corrected chi connectivity index (χ0v) is 14.4. The molecule has 3 aromatic rings. The van der Waals surface area contributed by atoms with Gasteiger partial charge >= 0.3 is 0 Å². The van der Waals surface area contributed by atoms with E-state index < -0.39 is 0 Å². The summed E-state index contributed by atoms with van der Waals surface area (Å²) in [5.74, 6) is 0.948. The van der Waals surface area contributed by atoms with Gasteiger partial charge in [0.1, 0.15) is 5.82 Å². The number of fused-ring (bicyclic) bond motifs is 1. The fourth-order valence-corrected chi connectivity index (χ4v) is 3.17. The Hall–Kier alpha value is -3.28. The van der Waals surface area contributed by atoms with E-state index in [0.29, 0.717) is 0 Å². The van der Waals surface area contributed by atoms with Crippen molar-refractivity contribution in [3.63, 3.8) is 0 Å². The van der Waals surface area contributed by atoms with E-state index in [0.717, 1.165) is 29.1 Å². The maximum Gasteiger partial charge on any atom is 0.289 e. The van der Waals surface area contributed by atoms with Crippen LogP contribution in [-0.2, 0) is 0 Å². The van der Waals surface area contributed by atoms with E-state index in [1.165, 1.54) is 0 Å². The number of anilines is 1. The molecule has 0 radical (unpaired) electrons. The Morgan fingerprint density at radius 1 is 1.12 bits per heavy atom. The third-order valence-corrected chi connectivity index (χ3v) is 4.61. The molecule has 4 rings (SSSR count).